The highest BCUT2D eigenvalue weighted by molar-refractivity contribution is 7.26. The zero-order valence-corrected chi connectivity index (χ0v) is 31.1. The Labute approximate surface area is 330 Å². The molecule has 0 spiro atoms. The van der Waals surface area contributed by atoms with Crippen molar-refractivity contribution in [2.75, 3.05) is 0 Å². The van der Waals surface area contributed by atoms with Gasteiger partial charge in [-0.3, -0.25) is 0 Å². The molecule has 0 atom stereocenters. The maximum Gasteiger partial charge on any atom is 0.167 e. The average Bonchev–Trinajstić information content (AvgIpc) is 3.98. The Kier molecular flexibility index (Phi) is 7.03. The van der Waals surface area contributed by atoms with Crippen LogP contribution in [-0.2, 0) is 0 Å². The van der Waals surface area contributed by atoms with Crippen LogP contribution in [-0.4, -0.2) is 15.0 Å². The molecule has 0 aliphatic carbocycles. The molecule has 0 aliphatic rings. The van der Waals surface area contributed by atoms with Crippen LogP contribution in [0.1, 0.15) is 0 Å². The highest BCUT2D eigenvalue weighted by atomic mass is 32.1. The lowest BCUT2D eigenvalue weighted by Crippen LogP contribution is -2.00. The smallest absolute Gasteiger partial charge is 0.167 e. The van der Waals surface area contributed by atoms with Crippen molar-refractivity contribution in [1.82, 2.24) is 15.0 Å². The van der Waals surface area contributed by atoms with Gasteiger partial charge in [0.15, 0.2) is 17.5 Å². The molecule has 57 heavy (non-hydrogen) atoms. The number of furan rings is 2. The van der Waals surface area contributed by atoms with Crippen molar-refractivity contribution in [3.63, 3.8) is 0 Å². The summed E-state index contributed by atoms with van der Waals surface area (Å²) in [6.07, 6.45) is 0. The number of aromatic nitrogens is 3. The minimum absolute atomic E-state index is 0.565. The molecule has 12 aromatic rings. The molecular formula is C51H29N3O2S. The van der Waals surface area contributed by atoms with Crippen molar-refractivity contribution in [1.29, 1.82) is 0 Å². The van der Waals surface area contributed by atoms with Gasteiger partial charge in [-0.25, -0.2) is 15.0 Å². The van der Waals surface area contributed by atoms with E-state index in [9.17, 15) is 0 Å². The van der Waals surface area contributed by atoms with Crippen LogP contribution in [0.25, 0.3) is 120 Å². The summed E-state index contributed by atoms with van der Waals surface area (Å²) in [5, 5.41) is 6.81. The Morgan fingerprint density at radius 2 is 0.965 bits per heavy atom. The Morgan fingerprint density at radius 3 is 1.77 bits per heavy atom. The number of nitrogens with zero attached hydrogens (tertiary/aromatic N) is 3. The molecule has 0 N–H and O–H groups in total. The van der Waals surface area contributed by atoms with Crippen LogP contribution in [0.4, 0.5) is 0 Å². The van der Waals surface area contributed by atoms with Crippen molar-refractivity contribution < 1.29 is 8.83 Å². The lowest BCUT2D eigenvalue weighted by molar-refractivity contribution is 0.669. The van der Waals surface area contributed by atoms with Crippen LogP contribution in [0.3, 0.4) is 0 Å². The fraction of sp³-hybridized carbons (Fsp3) is 0. The molecule has 8 aromatic carbocycles. The van der Waals surface area contributed by atoms with Gasteiger partial charge in [0.05, 0.1) is 5.56 Å². The summed E-state index contributed by atoms with van der Waals surface area (Å²) in [7, 11) is 0. The normalized spacial score (nSPS) is 11.9. The molecule has 0 saturated carbocycles. The summed E-state index contributed by atoms with van der Waals surface area (Å²) in [5.41, 5.74) is 10.6. The predicted molar refractivity (Wildman–Crippen MR) is 234 cm³/mol. The van der Waals surface area contributed by atoms with E-state index >= 15 is 0 Å². The molecule has 266 valence electrons. The first kappa shape index (κ1) is 31.9. The number of thiophene rings is 1. The largest absolute Gasteiger partial charge is 0.456 e. The fourth-order valence-electron chi connectivity index (χ4n) is 8.35. The van der Waals surface area contributed by atoms with Crippen LogP contribution in [0.15, 0.2) is 185 Å². The Balaban J connectivity index is 1.04. The number of hydrogen-bond donors (Lipinski definition) is 0. The third-order valence-electron chi connectivity index (χ3n) is 11.0. The molecule has 0 unspecified atom stereocenters. The highest BCUT2D eigenvalue weighted by Gasteiger charge is 2.21. The molecule has 4 aromatic heterocycles. The minimum Gasteiger partial charge on any atom is -0.456 e. The summed E-state index contributed by atoms with van der Waals surface area (Å²) >= 11 is 1.84. The Bertz CT molecular complexity index is 3470. The number of para-hydroxylation sites is 2. The first-order valence-electron chi connectivity index (χ1n) is 18.9. The second kappa shape index (κ2) is 12.6. The van der Waals surface area contributed by atoms with E-state index in [2.05, 4.69) is 97.1 Å². The van der Waals surface area contributed by atoms with Gasteiger partial charge < -0.3 is 8.83 Å². The fourth-order valence-corrected chi connectivity index (χ4v) is 9.61. The van der Waals surface area contributed by atoms with E-state index in [4.69, 9.17) is 23.8 Å². The van der Waals surface area contributed by atoms with Crippen LogP contribution >= 0.6 is 11.3 Å². The number of hydrogen-bond acceptors (Lipinski definition) is 6. The molecule has 5 nitrogen and oxygen atoms in total. The maximum atomic E-state index is 6.83. The maximum absolute atomic E-state index is 6.83. The molecule has 0 bridgehead atoms. The Hall–Kier alpha value is -7.41. The topological polar surface area (TPSA) is 65.0 Å². The summed E-state index contributed by atoms with van der Waals surface area (Å²) in [4.78, 5) is 14.9. The monoisotopic (exact) mass is 747 g/mol. The predicted octanol–water partition coefficient (Wildman–Crippen LogP) is 14.4. The van der Waals surface area contributed by atoms with E-state index in [-0.39, 0.29) is 0 Å². The molecule has 0 fully saturated rings. The zero-order valence-electron chi connectivity index (χ0n) is 30.3. The van der Waals surface area contributed by atoms with Gasteiger partial charge in [0.1, 0.15) is 22.3 Å². The minimum atomic E-state index is 0.565. The van der Waals surface area contributed by atoms with Crippen molar-refractivity contribution in [3.05, 3.63) is 176 Å². The second-order valence-electron chi connectivity index (χ2n) is 14.3. The molecular weight excluding hydrogens is 719 g/mol. The van der Waals surface area contributed by atoms with Gasteiger partial charge in [-0.1, -0.05) is 140 Å². The lowest BCUT2D eigenvalue weighted by Gasteiger charge is -2.11. The third kappa shape index (κ3) is 5.04. The molecule has 6 heteroatoms. The van der Waals surface area contributed by atoms with Crippen LogP contribution in [0.2, 0.25) is 0 Å². The van der Waals surface area contributed by atoms with Gasteiger partial charge in [0.25, 0.3) is 0 Å². The third-order valence-corrected chi connectivity index (χ3v) is 12.2. The number of benzene rings is 8. The van der Waals surface area contributed by atoms with Crippen LogP contribution < -0.4 is 0 Å². The van der Waals surface area contributed by atoms with Crippen molar-refractivity contribution >= 4 is 75.4 Å². The van der Waals surface area contributed by atoms with Crippen molar-refractivity contribution in [2.45, 2.75) is 0 Å². The van der Waals surface area contributed by atoms with Gasteiger partial charge in [0, 0.05) is 52.8 Å². The number of fused-ring (bicyclic) bond motifs is 9. The van der Waals surface area contributed by atoms with E-state index in [1.54, 1.807) is 0 Å². The first-order chi connectivity index (χ1) is 28.2. The van der Waals surface area contributed by atoms with Crippen LogP contribution in [0.5, 0.6) is 0 Å². The number of rotatable bonds is 5. The van der Waals surface area contributed by atoms with E-state index in [0.717, 1.165) is 66.1 Å². The van der Waals surface area contributed by atoms with Gasteiger partial charge >= 0.3 is 0 Å². The quantitative estimate of drug-likeness (QED) is 0.175. The lowest BCUT2D eigenvalue weighted by atomic mass is 9.92. The zero-order chi connectivity index (χ0) is 37.5. The van der Waals surface area contributed by atoms with E-state index in [0.29, 0.717) is 17.5 Å². The first-order valence-corrected chi connectivity index (χ1v) is 19.7. The molecule has 0 aliphatic heterocycles. The van der Waals surface area contributed by atoms with E-state index in [1.165, 1.54) is 36.9 Å². The second-order valence-corrected chi connectivity index (χ2v) is 15.3. The van der Waals surface area contributed by atoms with E-state index < -0.39 is 0 Å². The van der Waals surface area contributed by atoms with Crippen LogP contribution in [0, 0.1) is 0 Å². The van der Waals surface area contributed by atoms with Gasteiger partial charge in [0.2, 0.25) is 0 Å². The van der Waals surface area contributed by atoms with Crippen molar-refractivity contribution in [2.24, 2.45) is 0 Å². The summed E-state index contributed by atoms with van der Waals surface area (Å²) in [6, 6.07) is 60.8. The van der Waals surface area contributed by atoms with Gasteiger partial charge in [-0.2, -0.15) is 0 Å². The summed E-state index contributed by atoms with van der Waals surface area (Å²) in [5.74, 6) is 1.79. The summed E-state index contributed by atoms with van der Waals surface area (Å²) in [6.45, 7) is 0. The van der Waals surface area contributed by atoms with E-state index in [1.807, 2.05) is 90.2 Å². The SMILES string of the molecule is c1ccc(-c2nc(-c3ccccc3)nc(-c3cccc4c3oc3cc(-c5ccc(-c6cccc7oc8ccccc8c67)c6c5sc5ccccc56)ccc34)n2)cc1. The summed E-state index contributed by atoms with van der Waals surface area (Å²) < 4.78 is 15.6. The molecule has 12 rings (SSSR count). The average molecular weight is 748 g/mol. The van der Waals surface area contributed by atoms with Crippen molar-refractivity contribution in [3.8, 4) is 56.4 Å². The molecule has 0 saturated heterocycles. The molecule has 0 amide bonds. The standard InChI is InChI=1S/C51H29N3O2S/c1-3-13-30(14-4-1)49-52-50(31-15-5-2-6-16-31)54-51(53-49)40-21-11-20-37-34-26-25-32(29-43(34)56-47(37)40)33-27-28-36(46-39-18-8-10-24-44(39)57-48(33)46)35-19-12-23-42-45(35)38-17-7-9-22-41(38)55-42/h1-29H. The van der Waals surface area contributed by atoms with Gasteiger partial charge in [-0.15, -0.1) is 11.3 Å². The molecule has 4 heterocycles. The Morgan fingerprint density at radius 1 is 0.351 bits per heavy atom. The highest BCUT2D eigenvalue weighted by Crippen LogP contribution is 2.48. The van der Waals surface area contributed by atoms with Gasteiger partial charge in [-0.05, 0) is 58.7 Å². The molecule has 0 radical (unpaired) electrons.